The Bertz CT molecular complexity index is 1070. The number of carbonyl (C=O) groups is 1. The molecule has 2 heterocycles. The molecule has 0 bridgehead atoms. The first-order valence-electron chi connectivity index (χ1n) is 9.29. The van der Waals surface area contributed by atoms with Crippen LogP contribution < -0.4 is 5.56 Å². The second-order valence-corrected chi connectivity index (χ2v) is 7.60. The maximum absolute atomic E-state index is 12.1. The summed E-state index contributed by atoms with van der Waals surface area (Å²) < 4.78 is 7.23. The summed E-state index contributed by atoms with van der Waals surface area (Å²) in [6.07, 6.45) is 2.28. The van der Waals surface area contributed by atoms with E-state index in [0.717, 1.165) is 22.6 Å². The van der Waals surface area contributed by atoms with Crippen molar-refractivity contribution in [2.24, 2.45) is 0 Å². The highest BCUT2D eigenvalue weighted by Crippen LogP contribution is 2.14. The van der Waals surface area contributed by atoms with Gasteiger partial charge in [-0.2, -0.15) is 5.10 Å². The van der Waals surface area contributed by atoms with Gasteiger partial charge >= 0.3 is 5.97 Å². The Morgan fingerprint density at radius 2 is 1.93 bits per heavy atom. The van der Waals surface area contributed by atoms with Gasteiger partial charge in [-0.1, -0.05) is 23.9 Å². The highest BCUT2D eigenvalue weighted by atomic mass is 32.2. The lowest BCUT2D eigenvalue weighted by atomic mass is 10.1. The first-order valence-corrected chi connectivity index (χ1v) is 10.5. The van der Waals surface area contributed by atoms with Crippen LogP contribution in [0.4, 0.5) is 0 Å². The van der Waals surface area contributed by atoms with Crippen molar-refractivity contribution in [3.05, 3.63) is 68.9 Å². The van der Waals surface area contributed by atoms with Gasteiger partial charge in [-0.3, -0.25) is 9.59 Å². The molecule has 0 radical (unpaired) electrons. The molecule has 0 saturated heterocycles. The number of ether oxygens (including phenoxy) is 1. The molecule has 3 aromatic rings. The molecule has 2 aromatic heterocycles. The van der Waals surface area contributed by atoms with Gasteiger partial charge in [0.15, 0.2) is 5.16 Å². The number of esters is 1. The van der Waals surface area contributed by atoms with Gasteiger partial charge in [0.25, 0.3) is 5.56 Å². The number of thioether (sulfide) groups is 1. The van der Waals surface area contributed by atoms with E-state index in [4.69, 9.17) is 4.74 Å². The molecule has 7 nitrogen and oxygen atoms in total. The van der Waals surface area contributed by atoms with Gasteiger partial charge < -0.3 is 9.72 Å². The zero-order valence-corrected chi connectivity index (χ0v) is 17.8. The van der Waals surface area contributed by atoms with Gasteiger partial charge in [-0.05, 0) is 57.2 Å². The van der Waals surface area contributed by atoms with E-state index in [2.05, 4.69) is 15.1 Å². The third kappa shape index (κ3) is 5.14. The molecule has 8 heteroatoms. The average Bonchev–Trinajstić information content (AvgIpc) is 3.04. The molecule has 1 N–H and O–H groups in total. The van der Waals surface area contributed by atoms with Crippen LogP contribution in [0.5, 0.6) is 0 Å². The van der Waals surface area contributed by atoms with Crippen molar-refractivity contribution >= 4 is 17.7 Å². The van der Waals surface area contributed by atoms with E-state index in [0.29, 0.717) is 22.8 Å². The minimum Gasteiger partial charge on any atom is -0.461 e. The molecule has 0 spiro atoms. The molecule has 3 rings (SSSR count). The minimum atomic E-state index is -0.347. The third-order valence-corrected chi connectivity index (χ3v) is 5.14. The monoisotopic (exact) mass is 412 g/mol. The van der Waals surface area contributed by atoms with Crippen LogP contribution in [0.15, 0.2) is 40.3 Å². The lowest BCUT2D eigenvalue weighted by molar-refractivity contribution is -0.144. The Morgan fingerprint density at radius 3 is 2.52 bits per heavy atom. The molecule has 0 amide bonds. The number of rotatable bonds is 7. The van der Waals surface area contributed by atoms with Gasteiger partial charge in [0.2, 0.25) is 0 Å². The highest BCUT2D eigenvalue weighted by molar-refractivity contribution is 7.98. The zero-order valence-electron chi connectivity index (χ0n) is 17.0. The third-order valence-electron chi connectivity index (χ3n) is 4.56. The average molecular weight is 413 g/mol. The van der Waals surface area contributed by atoms with Crippen LogP contribution in [0.3, 0.4) is 0 Å². The summed E-state index contributed by atoms with van der Waals surface area (Å²) in [5, 5.41) is 5.03. The molecule has 1 aromatic carbocycles. The van der Waals surface area contributed by atoms with Gasteiger partial charge in [0.05, 0.1) is 11.4 Å². The number of benzene rings is 1. The van der Waals surface area contributed by atoms with Crippen LogP contribution in [0, 0.1) is 20.8 Å². The maximum atomic E-state index is 12.1. The number of nitrogens with zero attached hydrogens (tertiary/aromatic N) is 3. The number of carbonyl (C=O) groups excluding carboxylic acids is 1. The van der Waals surface area contributed by atoms with Crippen LogP contribution in [0.25, 0.3) is 5.69 Å². The van der Waals surface area contributed by atoms with Crippen molar-refractivity contribution in [2.75, 3.05) is 6.26 Å². The summed E-state index contributed by atoms with van der Waals surface area (Å²) >= 11 is 1.37. The molecule has 0 aliphatic carbocycles. The van der Waals surface area contributed by atoms with E-state index in [1.54, 1.807) is 6.92 Å². The molecule has 152 valence electrons. The van der Waals surface area contributed by atoms with Crippen molar-refractivity contribution in [1.29, 1.82) is 0 Å². The number of aryl methyl sites for hydroxylation is 3. The predicted octanol–water partition coefficient (Wildman–Crippen LogP) is 3.28. The molecule has 0 atom stereocenters. The number of hydrogen-bond donors (Lipinski definition) is 1. The standard InChI is InChI=1S/C21H24N4O3S/c1-13-11-14(2)25(24-13)17-7-5-16(6-8-17)12-28-19(26)10-9-18-15(3)22-21(29-4)23-20(18)27/h5-8,11H,9-10,12H2,1-4H3,(H,22,23,27). The Morgan fingerprint density at radius 1 is 1.21 bits per heavy atom. The fraction of sp³-hybridized carbons (Fsp3) is 0.333. The minimum absolute atomic E-state index is 0.133. The number of aromatic amines is 1. The summed E-state index contributed by atoms with van der Waals surface area (Å²) in [7, 11) is 0. The fourth-order valence-corrected chi connectivity index (χ4v) is 3.49. The molecule has 0 fully saturated rings. The molecule has 0 saturated carbocycles. The molecular formula is C21H24N4O3S. The smallest absolute Gasteiger partial charge is 0.306 e. The number of aromatic nitrogens is 4. The summed E-state index contributed by atoms with van der Waals surface area (Å²) in [5.41, 5.74) is 4.85. The Kier molecular flexibility index (Phi) is 6.53. The second kappa shape index (κ2) is 9.09. The van der Waals surface area contributed by atoms with Crippen LogP contribution in [0.1, 0.15) is 34.6 Å². The van der Waals surface area contributed by atoms with E-state index >= 15 is 0 Å². The SMILES string of the molecule is CSc1nc(C)c(CCC(=O)OCc2ccc(-n3nc(C)cc3C)cc2)c(=O)[nH]1. The Labute approximate surface area is 173 Å². The lowest BCUT2D eigenvalue weighted by Crippen LogP contribution is -2.18. The van der Waals surface area contributed by atoms with E-state index in [1.165, 1.54) is 11.8 Å². The van der Waals surface area contributed by atoms with Crippen molar-refractivity contribution in [3.63, 3.8) is 0 Å². The van der Waals surface area contributed by atoms with Gasteiger partial charge in [0.1, 0.15) is 6.61 Å². The van der Waals surface area contributed by atoms with E-state index < -0.39 is 0 Å². The van der Waals surface area contributed by atoms with Crippen LogP contribution in [-0.2, 0) is 22.6 Å². The fourth-order valence-electron chi connectivity index (χ4n) is 3.06. The van der Waals surface area contributed by atoms with Crippen LogP contribution in [0.2, 0.25) is 0 Å². The van der Waals surface area contributed by atoms with Crippen LogP contribution >= 0.6 is 11.8 Å². The normalized spacial score (nSPS) is 10.9. The first-order chi connectivity index (χ1) is 13.9. The summed E-state index contributed by atoms with van der Waals surface area (Å²) in [6.45, 7) is 5.93. The molecule has 0 aliphatic rings. The van der Waals surface area contributed by atoms with Gasteiger partial charge in [0, 0.05) is 23.4 Å². The quantitative estimate of drug-likeness (QED) is 0.364. The summed E-state index contributed by atoms with van der Waals surface area (Å²) in [5.74, 6) is -0.347. The zero-order chi connectivity index (χ0) is 21.0. The van der Waals surface area contributed by atoms with E-state index in [9.17, 15) is 9.59 Å². The highest BCUT2D eigenvalue weighted by Gasteiger charge is 2.12. The number of H-pyrrole nitrogens is 1. The summed E-state index contributed by atoms with van der Waals surface area (Å²) in [6, 6.07) is 9.75. The largest absolute Gasteiger partial charge is 0.461 e. The molecule has 0 unspecified atom stereocenters. The number of hydrogen-bond acceptors (Lipinski definition) is 6. The van der Waals surface area contributed by atoms with E-state index in [1.807, 2.05) is 55.1 Å². The molecule has 0 aliphatic heterocycles. The molecule has 29 heavy (non-hydrogen) atoms. The van der Waals surface area contributed by atoms with E-state index in [-0.39, 0.29) is 24.6 Å². The van der Waals surface area contributed by atoms with Crippen molar-refractivity contribution < 1.29 is 9.53 Å². The lowest BCUT2D eigenvalue weighted by Gasteiger charge is -2.08. The Balaban J connectivity index is 1.55. The van der Waals surface area contributed by atoms with Crippen molar-refractivity contribution in [1.82, 2.24) is 19.7 Å². The Hall–Kier alpha value is -2.87. The van der Waals surface area contributed by atoms with Crippen molar-refractivity contribution in [2.45, 2.75) is 45.4 Å². The predicted molar refractivity (Wildman–Crippen MR) is 113 cm³/mol. The van der Waals surface area contributed by atoms with Crippen molar-refractivity contribution in [3.8, 4) is 5.69 Å². The second-order valence-electron chi connectivity index (χ2n) is 6.81. The topological polar surface area (TPSA) is 89.9 Å². The van der Waals surface area contributed by atoms with Gasteiger partial charge in [-0.25, -0.2) is 9.67 Å². The first kappa shape index (κ1) is 20.9. The summed E-state index contributed by atoms with van der Waals surface area (Å²) in [4.78, 5) is 31.2. The van der Waals surface area contributed by atoms with Crippen LogP contribution in [-0.4, -0.2) is 32.0 Å². The van der Waals surface area contributed by atoms with Gasteiger partial charge in [-0.15, -0.1) is 0 Å². The maximum Gasteiger partial charge on any atom is 0.306 e. The molecular weight excluding hydrogens is 388 g/mol. The number of nitrogens with one attached hydrogen (secondary N) is 1.